The second-order valence-corrected chi connectivity index (χ2v) is 6.19. The molecule has 3 rings (SSSR count). The maximum Gasteiger partial charge on any atom is 0.254 e. The number of benzene rings is 1. The summed E-state index contributed by atoms with van der Waals surface area (Å²) in [6.07, 6.45) is 0.787. The number of thiazole rings is 1. The summed E-state index contributed by atoms with van der Waals surface area (Å²) < 4.78 is 0. The van der Waals surface area contributed by atoms with Gasteiger partial charge in [0.1, 0.15) is 6.54 Å². The summed E-state index contributed by atoms with van der Waals surface area (Å²) in [7, 11) is 1.70. The number of likely N-dealkylation sites (N-methyl/N-ethyl adjacent to an activating group) is 1. The molecule has 6 heteroatoms. The normalized spacial score (nSPS) is 13.9. The molecule has 0 spiro atoms. The molecule has 1 aromatic heterocycles. The Morgan fingerprint density at radius 2 is 2.18 bits per heavy atom. The molecule has 22 heavy (non-hydrogen) atoms. The summed E-state index contributed by atoms with van der Waals surface area (Å²) in [6.45, 7) is 2.55. The number of anilines is 1. The third-order valence-corrected chi connectivity index (χ3v) is 4.82. The predicted octanol–water partition coefficient (Wildman–Crippen LogP) is 2.11. The first-order valence-electron chi connectivity index (χ1n) is 7.12. The Morgan fingerprint density at radius 1 is 1.41 bits per heavy atom. The van der Waals surface area contributed by atoms with Crippen molar-refractivity contribution in [3.05, 3.63) is 46.5 Å². The van der Waals surface area contributed by atoms with E-state index in [4.69, 9.17) is 0 Å². The first-order valence-corrected chi connectivity index (χ1v) is 8.00. The molecule has 0 atom stereocenters. The summed E-state index contributed by atoms with van der Waals surface area (Å²) in [5, 5.41) is 2.56. The lowest BCUT2D eigenvalue weighted by molar-refractivity contribution is -0.119. The lowest BCUT2D eigenvalue weighted by atomic mass is 9.99. The molecular weight excluding hydrogens is 298 g/mol. The molecule has 0 saturated heterocycles. The van der Waals surface area contributed by atoms with Gasteiger partial charge >= 0.3 is 0 Å². The van der Waals surface area contributed by atoms with E-state index in [0.717, 1.165) is 17.7 Å². The lowest BCUT2D eigenvalue weighted by Crippen LogP contribution is -2.44. The molecule has 1 aromatic carbocycles. The van der Waals surface area contributed by atoms with Gasteiger partial charge in [-0.3, -0.25) is 14.5 Å². The van der Waals surface area contributed by atoms with E-state index < -0.39 is 0 Å². The minimum atomic E-state index is -0.123. The largest absolute Gasteiger partial charge is 0.329 e. The Balaban J connectivity index is 1.71. The average Bonchev–Trinajstić information content (AvgIpc) is 2.96. The van der Waals surface area contributed by atoms with Gasteiger partial charge in [0, 0.05) is 24.5 Å². The van der Waals surface area contributed by atoms with Crippen LogP contribution in [-0.4, -0.2) is 41.8 Å². The molecule has 0 bridgehead atoms. The van der Waals surface area contributed by atoms with Crippen molar-refractivity contribution in [1.82, 2.24) is 9.88 Å². The van der Waals surface area contributed by atoms with Crippen molar-refractivity contribution in [2.45, 2.75) is 13.3 Å². The molecule has 0 N–H and O–H groups in total. The first kappa shape index (κ1) is 14.7. The van der Waals surface area contributed by atoms with E-state index in [2.05, 4.69) is 4.98 Å². The van der Waals surface area contributed by atoms with Crippen molar-refractivity contribution >= 4 is 28.3 Å². The highest BCUT2D eigenvalue weighted by molar-refractivity contribution is 7.14. The van der Waals surface area contributed by atoms with Crippen LogP contribution in [0.5, 0.6) is 0 Å². The molecule has 2 aromatic rings. The number of nitrogens with zero attached hydrogens (tertiary/aromatic N) is 3. The number of rotatable bonds is 3. The zero-order valence-corrected chi connectivity index (χ0v) is 13.4. The van der Waals surface area contributed by atoms with Crippen molar-refractivity contribution in [2.75, 3.05) is 25.0 Å². The fourth-order valence-corrected chi connectivity index (χ4v) is 3.28. The Bertz CT molecular complexity index is 726. The van der Waals surface area contributed by atoms with E-state index >= 15 is 0 Å². The molecular formula is C16H17N3O2S. The SMILES string of the molecule is Cc1csc(N(C)C(=O)CN2CCc3ccccc3C2=O)n1. The number of fused-ring (bicyclic) bond motifs is 1. The van der Waals surface area contributed by atoms with Crippen molar-refractivity contribution < 1.29 is 9.59 Å². The van der Waals surface area contributed by atoms with Crippen LogP contribution in [0.25, 0.3) is 0 Å². The van der Waals surface area contributed by atoms with Crippen LogP contribution in [0.1, 0.15) is 21.6 Å². The van der Waals surface area contributed by atoms with Gasteiger partial charge in [-0.25, -0.2) is 4.98 Å². The number of amides is 2. The van der Waals surface area contributed by atoms with E-state index in [-0.39, 0.29) is 18.4 Å². The zero-order valence-electron chi connectivity index (χ0n) is 12.6. The number of aromatic nitrogens is 1. The smallest absolute Gasteiger partial charge is 0.254 e. The van der Waals surface area contributed by atoms with E-state index in [1.54, 1.807) is 11.9 Å². The van der Waals surface area contributed by atoms with Crippen molar-refractivity contribution in [2.24, 2.45) is 0 Å². The maximum atomic E-state index is 12.5. The number of carbonyl (C=O) groups is 2. The van der Waals surface area contributed by atoms with Crippen molar-refractivity contribution in [3.8, 4) is 0 Å². The van der Waals surface area contributed by atoms with Crippen LogP contribution in [0.2, 0.25) is 0 Å². The van der Waals surface area contributed by atoms with Gasteiger partial charge in [-0.15, -0.1) is 11.3 Å². The van der Waals surface area contributed by atoms with Gasteiger partial charge in [-0.2, -0.15) is 0 Å². The molecule has 1 aliphatic rings. The van der Waals surface area contributed by atoms with E-state index in [1.807, 2.05) is 36.6 Å². The summed E-state index contributed by atoms with van der Waals surface area (Å²) in [6, 6.07) is 7.58. The Kier molecular flexibility index (Phi) is 3.94. The zero-order chi connectivity index (χ0) is 15.7. The van der Waals surface area contributed by atoms with Crippen molar-refractivity contribution in [3.63, 3.8) is 0 Å². The quantitative estimate of drug-likeness (QED) is 0.872. The summed E-state index contributed by atoms with van der Waals surface area (Å²) in [5.74, 6) is -0.194. The molecule has 0 aliphatic carbocycles. The minimum absolute atomic E-state index is 0.0704. The predicted molar refractivity (Wildman–Crippen MR) is 86.3 cm³/mol. The van der Waals surface area contributed by atoms with Gasteiger partial charge in [0.05, 0.1) is 5.69 Å². The van der Waals surface area contributed by atoms with E-state index in [9.17, 15) is 9.59 Å². The van der Waals surface area contributed by atoms with Crippen molar-refractivity contribution in [1.29, 1.82) is 0 Å². The fourth-order valence-electron chi connectivity index (χ4n) is 2.50. The van der Waals surface area contributed by atoms with Crippen LogP contribution in [0.4, 0.5) is 5.13 Å². The lowest BCUT2D eigenvalue weighted by Gasteiger charge is -2.29. The van der Waals surface area contributed by atoms with Crippen LogP contribution in [0.15, 0.2) is 29.6 Å². The number of aryl methyl sites for hydroxylation is 1. The van der Waals surface area contributed by atoms with E-state index in [0.29, 0.717) is 17.2 Å². The Labute approximate surface area is 133 Å². The van der Waals surface area contributed by atoms with Gasteiger partial charge in [0.2, 0.25) is 5.91 Å². The van der Waals surface area contributed by atoms with Crippen LogP contribution < -0.4 is 4.90 Å². The average molecular weight is 315 g/mol. The highest BCUT2D eigenvalue weighted by atomic mass is 32.1. The number of hydrogen-bond acceptors (Lipinski definition) is 4. The summed E-state index contributed by atoms with van der Waals surface area (Å²) in [4.78, 5) is 32.3. The fraction of sp³-hybridized carbons (Fsp3) is 0.312. The second kappa shape index (κ2) is 5.88. The molecule has 2 amide bonds. The Hall–Kier alpha value is -2.21. The molecule has 0 saturated carbocycles. The highest BCUT2D eigenvalue weighted by Crippen LogP contribution is 2.21. The standard InChI is InChI=1S/C16H17N3O2S/c1-11-10-22-16(17-11)18(2)14(20)9-19-8-7-12-5-3-4-6-13(12)15(19)21/h3-6,10H,7-9H2,1-2H3. The van der Waals surface area contributed by atoms with Gasteiger partial charge < -0.3 is 4.90 Å². The third-order valence-electron chi connectivity index (χ3n) is 3.78. The maximum absolute atomic E-state index is 12.5. The number of carbonyl (C=O) groups excluding carboxylic acids is 2. The van der Waals surface area contributed by atoms with Gasteiger partial charge in [-0.1, -0.05) is 18.2 Å². The van der Waals surface area contributed by atoms with Crippen LogP contribution in [0, 0.1) is 6.92 Å². The van der Waals surface area contributed by atoms with Crippen LogP contribution in [0.3, 0.4) is 0 Å². The van der Waals surface area contributed by atoms with Gasteiger partial charge in [0.25, 0.3) is 5.91 Å². The van der Waals surface area contributed by atoms with Gasteiger partial charge in [0.15, 0.2) is 5.13 Å². The molecule has 114 valence electrons. The highest BCUT2D eigenvalue weighted by Gasteiger charge is 2.27. The molecule has 0 fully saturated rings. The Morgan fingerprint density at radius 3 is 2.91 bits per heavy atom. The topological polar surface area (TPSA) is 53.5 Å². The second-order valence-electron chi connectivity index (χ2n) is 5.36. The third kappa shape index (κ3) is 2.74. The summed E-state index contributed by atoms with van der Waals surface area (Å²) in [5.41, 5.74) is 2.65. The molecule has 0 radical (unpaired) electrons. The molecule has 5 nitrogen and oxygen atoms in total. The minimum Gasteiger partial charge on any atom is -0.329 e. The van der Waals surface area contributed by atoms with Crippen LogP contribution in [-0.2, 0) is 11.2 Å². The molecule has 1 aliphatic heterocycles. The van der Waals surface area contributed by atoms with Gasteiger partial charge in [-0.05, 0) is 25.0 Å². The molecule has 2 heterocycles. The van der Waals surface area contributed by atoms with Crippen LogP contribution >= 0.6 is 11.3 Å². The van der Waals surface area contributed by atoms with E-state index in [1.165, 1.54) is 16.2 Å². The number of hydrogen-bond donors (Lipinski definition) is 0. The molecule has 0 unspecified atom stereocenters. The monoisotopic (exact) mass is 315 g/mol. The summed E-state index contributed by atoms with van der Waals surface area (Å²) >= 11 is 1.43. The first-order chi connectivity index (χ1) is 10.6.